The van der Waals surface area contributed by atoms with Crippen molar-refractivity contribution in [2.45, 2.75) is 0 Å². The molecule has 158 valence electrons. The Morgan fingerprint density at radius 2 is 0.943 bits per heavy atom. The van der Waals surface area contributed by atoms with Crippen molar-refractivity contribution in [2.75, 3.05) is 0 Å². The Morgan fingerprint density at radius 3 is 1.49 bits per heavy atom. The van der Waals surface area contributed by atoms with Gasteiger partial charge in [0.2, 0.25) is 0 Å². The second-order valence-corrected chi connectivity index (χ2v) is 10.0. The van der Waals surface area contributed by atoms with Gasteiger partial charge in [-0.05, 0) is 69.2 Å². The van der Waals surface area contributed by atoms with Gasteiger partial charge in [0.1, 0.15) is 23.0 Å². The largest absolute Gasteiger partial charge is 0.458 e. The van der Waals surface area contributed by atoms with Crippen LogP contribution >= 0.6 is 0 Å². The van der Waals surface area contributed by atoms with Crippen LogP contribution in [0.25, 0.3) is 27.5 Å². The lowest BCUT2D eigenvalue weighted by molar-refractivity contribution is 0.488. The quantitative estimate of drug-likeness (QED) is 0.337. The number of benzene rings is 5. The second kappa shape index (κ2) is 5.47. The standard InChI is InChI=1S/C30H15B2NO2/c1-3-10-22-18(6-1)31-20-8-5-9-21-30(20)33-28-16(12-14-24(34-22)26(28)31)17-13-15-25-27(29(17)33)32(21)19-7-2-4-11-23(19)35-25/h1-15H. The zero-order chi connectivity index (χ0) is 22.4. The zero-order valence-electron chi connectivity index (χ0n) is 18.6. The topological polar surface area (TPSA) is 23.4 Å². The lowest BCUT2D eigenvalue weighted by Crippen LogP contribution is -2.64. The number of hydrogen-bond donors (Lipinski definition) is 0. The van der Waals surface area contributed by atoms with Gasteiger partial charge in [0.25, 0.3) is 13.4 Å². The zero-order valence-corrected chi connectivity index (χ0v) is 18.6. The summed E-state index contributed by atoms with van der Waals surface area (Å²) in [5.74, 6) is 3.85. The molecule has 0 aliphatic carbocycles. The van der Waals surface area contributed by atoms with Crippen LogP contribution in [-0.4, -0.2) is 18.0 Å². The minimum absolute atomic E-state index is 0.154. The molecule has 3 nitrogen and oxygen atoms in total. The van der Waals surface area contributed by atoms with Crippen LogP contribution in [0.5, 0.6) is 23.0 Å². The monoisotopic (exact) mass is 443 g/mol. The average Bonchev–Trinajstić information content (AvgIpc) is 3.26. The van der Waals surface area contributed by atoms with Gasteiger partial charge in [-0.2, -0.15) is 0 Å². The molecule has 0 N–H and O–H groups in total. The van der Waals surface area contributed by atoms with E-state index in [2.05, 4.69) is 95.6 Å². The summed E-state index contributed by atoms with van der Waals surface area (Å²) in [5, 5.41) is 2.57. The molecule has 35 heavy (non-hydrogen) atoms. The van der Waals surface area contributed by atoms with Crippen LogP contribution in [0.2, 0.25) is 0 Å². The number of ether oxygens (including phenoxy) is 2. The van der Waals surface area contributed by atoms with E-state index in [0.717, 1.165) is 23.0 Å². The highest BCUT2D eigenvalue weighted by Gasteiger charge is 2.46. The highest BCUT2D eigenvalue weighted by atomic mass is 16.5. The molecule has 5 aromatic carbocycles. The van der Waals surface area contributed by atoms with Crippen molar-refractivity contribution in [3.05, 3.63) is 91.0 Å². The van der Waals surface area contributed by atoms with Gasteiger partial charge < -0.3 is 14.0 Å². The van der Waals surface area contributed by atoms with E-state index in [0.29, 0.717) is 0 Å². The fraction of sp³-hybridized carbons (Fsp3) is 0. The third kappa shape index (κ3) is 1.75. The lowest BCUT2D eigenvalue weighted by Gasteiger charge is -2.38. The average molecular weight is 443 g/mol. The van der Waals surface area contributed by atoms with Crippen molar-refractivity contribution in [2.24, 2.45) is 0 Å². The first-order chi connectivity index (χ1) is 17.4. The minimum atomic E-state index is 0.154. The molecule has 10 rings (SSSR count). The first-order valence-corrected chi connectivity index (χ1v) is 12.2. The second-order valence-electron chi connectivity index (χ2n) is 10.0. The summed E-state index contributed by atoms with van der Waals surface area (Å²) < 4.78 is 15.5. The third-order valence-electron chi connectivity index (χ3n) is 8.51. The molecule has 0 fully saturated rings. The Balaban J connectivity index is 1.49. The molecule has 0 unspecified atom stereocenters. The van der Waals surface area contributed by atoms with Gasteiger partial charge in [-0.15, -0.1) is 0 Å². The van der Waals surface area contributed by atoms with E-state index < -0.39 is 0 Å². The Bertz CT molecular complexity index is 1850. The fourth-order valence-electron chi connectivity index (χ4n) is 7.29. The highest BCUT2D eigenvalue weighted by molar-refractivity contribution is 7.03. The van der Waals surface area contributed by atoms with E-state index in [1.165, 1.54) is 60.3 Å². The lowest BCUT2D eigenvalue weighted by atomic mass is 9.30. The fourth-order valence-corrected chi connectivity index (χ4v) is 7.29. The summed E-state index contributed by atoms with van der Waals surface area (Å²) in [6, 6.07) is 32.8. The van der Waals surface area contributed by atoms with Crippen molar-refractivity contribution < 1.29 is 9.47 Å². The maximum atomic E-state index is 6.49. The SMILES string of the molecule is c1ccc2c(c1)Oc1ccc3c4ccc5c6c4n4c3c1B2c1cccc(c1-4)B6c1ccccc1O5. The number of fused-ring (bicyclic) bond motifs is 7. The van der Waals surface area contributed by atoms with Crippen molar-refractivity contribution in [3.8, 4) is 28.7 Å². The molecular weight excluding hydrogens is 428 g/mol. The van der Waals surface area contributed by atoms with E-state index in [1.807, 2.05) is 0 Å². The Morgan fingerprint density at radius 1 is 0.457 bits per heavy atom. The summed E-state index contributed by atoms with van der Waals surface area (Å²) in [6.07, 6.45) is 0. The summed E-state index contributed by atoms with van der Waals surface area (Å²) in [6.45, 7) is 0.308. The van der Waals surface area contributed by atoms with E-state index in [-0.39, 0.29) is 13.4 Å². The van der Waals surface area contributed by atoms with Gasteiger partial charge in [-0.3, -0.25) is 0 Å². The molecule has 0 spiro atoms. The van der Waals surface area contributed by atoms with Gasteiger partial charge >= 0.3 is 0 Å². The molecule has 0 amide bonds. The summed E-state index contributed by atoms with van der Waals surface area (Å²) in [7, 11) is 0. The van der Waals surface area contributed by atoms with E-state index in [1.54, 1.807) is 0 Å². The number of para-hydroxylation sites is 3. The molecule has 5 heterocycles. The first kappa shape index (κ1) is 17.1. The molecule has 0 saturated heterocycles. The van der Waals surface area contributed by atoms with Gasteiger partial charge in [0, 0.05) is 16.5 Å². The highest BCUT2D eigenvalue weighted by Crippen LogP contribution is 2.41. The Kier molecular flexibility index (Phi) is 2.68. The van der Waals surface area contributed by atoms with E-state index in [9.17, 15) is 0 Å². The summed E-state index contributed by atoms with van der Waals surface area (Å²) in [5.41, 5.74) is 11.7. The van der Waals surface area contributed by atoms with E-state index >= 15 is 0 Å². The van der Waals surface area contributed by atoms with Gasteiger partial charge in [0.15, 0.2) is 0 Å². The number of hydrogen-bond acceptors (Lipinski definition) is 2. The molecule has 4 aliphatic rings. The maximum Gasteiger partial charge on any atom is 0.256 e. The predicted octanol–water partition coefficient (Wildman–Crippen LogP) is 2.65. The van der Waals surface area contributed by atoms with Crippen LogP contribution < -0.4 is 42.3 Å². The van der Waals surface area contributed by atoms with Gasteiger partial charge in [-0.25, -0.2) is 0 Å². The van der Waals surface area contributed by atoms with E-state index in [4.69, 9.17) is 9.47 Å². The van der Waals surface area contributed by atoms with Crippen molar-refractivity contribution >= 4 is 68.0 Å². The van der Waals surface area contributed by atoms with Crippen LogP contribution in [0, 0.1) is 0 Å². The van der Waals surface area contributed by atoms with Gasteiger partial charge in [0.05, 0.1) is 11.0 Å². The third-order valence-corrected chi connectivity index (χ3v) is 8.51. The molecule has 0 saturated carbocycles. The molecule has 6 aromatic rings. The van der Waals surface area contributed by atoms with Crippen LogP contribution in [0.15, 0.2) is 91.0 Å². The molecule has 5 heteroatoms. The summed E-state index contributed by atoms with van der Waals surface area (Å²) >= 11 is 0. The number of aromatic nitrogens is 1. The predicted molar refractivity (Wildman–Crippen MR) is 143 cm³/mol. The first-order valence-electron chi connectivity index (χ1n) is 12.2. The van der Waals surface area contributed by atoms with Crippen molar-refractivity contribution in [1.29, 1.82) is 0 Å². The Labute approximate surface area is 201 Å². The molecule has 4 aliphatic heterocycles. The smallest absolute Gasteiger partial charge is 0.256 e. The molecule has 0 atom stereocenters. The number of nitrogens with zero attached hydrogens (tertiary/aromatic N) is 1. The van der Waals surface area contributed by atoms with Crippen LogP contribution in [0.1, 0.15) is 0 Å². The molecule has 1 aromatic heterocycles. The normalized spacial score (nSPS) is 14.6. The van der Waals surface area contributed by atoms with Gasteiger partial charge in [-0.1, -0.05) is 54.6 Å². The van der Waals surface area contributed by atoms with Crippen LogP contribution in [0.3, 0.4) is 0 Å². The minimum Gasteiger partial charge on any atom is -0.458 e. The van der Waals surface area contributed by atoms with Crippen LogP contribution in [0.4, 0.5) is 0 Å². The van der Waals surface area contributed by atoms with Crippen molar-refractivity contribution in [1.82, 2.24) is 4.57 Å². The molecular formula is C30H15B2NO2. The molecule has 0 bridgehead atoms. The summed E-state index contributed by atoms with van der Waals surface area (Å²) in [4.78, 5) is 0. The van der Waals surface area contributed by atoms with Crippen LogP contribution in [-0.2, 0) is 0 Å². The Hall–Kier alpha value is -4.37. The molecule has 0 radical (unpaired) electrons. The maximum absolute atomic E-state index is 6.49. The number of rotatable bonds is 0. The van der Waals surface area contributed by atoms with Crippen molar-refractivity contribution in [3.63, 3.8) is 0 Å².